The van der Waals surface area contributed by atoms with Gasteiger partial charge >= 0.3 is 0 Å². The predicted molar refractivity (Wildman–Crippen MR) is 41.6 cm³/mol. The highest BCUT2D eigenvalue weighted by atomic mass is 15.3. The van der Waals surface area contributed by atoms with Crippen LogP contribution in [-0.4, -0.2) is 9.78 Å². The normalized spacial score (nSPS) is 13.4. The van der Waals surface area contributed by atoms with E-state index >= 15 is 0 Å². The van der Waals surface area contributed by atoms with Crippen LogP contribution in [0.25, 0.3) is 0 Å². The molecule has 1 heterocycles. The maximum Gasteiger partial charge on any atom is 0.0719 e. The molecule has 0 bridgehead atoms. The highest BCUT2D eigenvalue weighted by molar-refractivity contribution is 5.30. The van der Waals surface area contributed by atoms with E-state index in [0.717, 1.165) is 12.1 Å². The first-order valence-corrected chi connectivity index (χ1v) is 3.53. The van der Waals surface area contributed by atoms with Crippen LogP contribution >= 0.6 is 0 Å². The van der Waals surface area contributed by atoms with Gasteiger partial charge in [0.1, 0.15) is 0 Å². The van der Waals surface area contributed by atoms with Gasteiger partial charge in [0.2, 0.25) is 0 Å². The summed E-state index contributed by atoms with van der Waals surface area (Å²) in [5.41, 5.74) is 6.22. The van der Waals surface area contributed by atoms with E-state index in [-0.39, 0.29) is 0 Å². The summed E-state index contributed by atoms with van der Waals surface area (Å²) < 4.78 is 1.88. The van der Waals surface area contributed by atoms with Gasteiger partial charge in [-0.3, -0.25) is 4.68 Å². The Balaban J connectivity index is 2.74. The van der Waals surface area contributed by atoms with Crippen LogP contribution in [0.4, 0.5) is 5.69 Å². The van der Waals surface area contributed by atoms with E-state index in [9.17, 15) is 0 Å². The summed E-state index contributed by atoms with van der Waals surface area (Å²) in [6.45, 7) is 4.25. The third kappa shape index (κ3) is 1.29. The molecular weight excluding hydrogens is 126 g/mol. The number of nitrogens with two attached hydrogens (primary N) is 1. The zero-order chi connectivity index (χ0) is 7.56. The van der Waals surface area contributed by atoms with Crippen molar-refractivity contribution in [3.05, 3.63) is 12.4 Å². The fourth-order valence-corrected chi connectivity index (χ4v) is 0.781. The van der Waals surface area contributed by atoms with Gasteiger partial charge in [-0.1, -0.05) is 6.92 Å². The Morgan fingerprint density at radius 1 is 1.80 bits per heavy atom. The van der Waals surface area contributed by atoms with Crippen molar-refractivity contribution in [1.82, 2.24) is 9.78 Å². The number of rotatable bonds is 2. The van der Waals surface area contributed by atoms with Crippen LogP contribution in [0, 0.1) is 0 Å². The number of aromatic nitrogens is 2. The molecule has 1 aromatic heterocycles. The number of anilines is 1. The maximum atomic E-state index is 5.49. The van der Waals surface area contributed by atoms with Crippen LogP contribution in [0.3, 0.4) is 0 Å². The minimum absolute atomic E-state index is 0.456. The first kappa shape index (κ1) is 7.12. The predicted octanol–water partition coefficient (Wildman–Crippen LogP) is 1.44. The Hall–Kier alpha value is -0.990. The molecular formula is C7H13N3. The minimum Gasteiger partial charge on any atom is -0.396 e. The van der Waals surface area contributed by atoms with Gasteiger partial charge in [-0.2, -0.15) is 5.10 Å². The van der Waals surface area contributed by atoms with Crippen molar-refractivity contribution in [2.24, 2.45) is 0 Å². The SMILES string of the molecule is CC[C@@H](C)n1cc(N)cn1. The van der Waals surface area contributed by atoms with Gasteiger partial charge in [-0.05, 0) is 13.3 Å². The highest BCUT2D eigenvalue weighted by Crippen LogP contribution is 2.09. The van der Waals surface area contributed by atoms with Crippen LogP contribution in [0.2, 0.25) is 0 Å². The monoisotopic (exact) mass is 139 g/mol. The molecule has 0 fully saturated rings. The molecule has 0 spiro atoms. The summed E-state index contributed by atoms with van der Waals surface area (Å²) in [4.78, 5) is 0. The molecule has 1 rings (SSSR count). The molecule has 1 atom stereocenters. The van der Waals surface area contributed by atoms with Crippen LogP contribution in [-0.2, 0) is 0 Å². The fraction of sp³-hybridized carbons (Fsp3) is 0.571. The second kappa shape index (κ2) is 2.73. The third-order valence-corrected chi connectivity index (χ3v) is 1.66. The number of hydrogen-bond donors (Lipinski definition) is 1. The topological polar surface area (TPSA) is 43.8 Å². The summed E-state index contributed by atoms with van der Waals surface area (Å²) in [7, 11) is 0. The quantitative estimate of drug-likeness (QED) is 0.673. The first-order valence-electron chi connectivity index (χ1n) is 3.53. The first-order chi connectivity index (χ1) is 4.74. The lowest BCUT2D eigenvalue weighted by Crippen LogP contribution is -2.03. The minimum atomic E-state index is 0.456. The third-order valence-electron chi connectivity index (χ3n) is 1.66. The molecule has 0 aliphatic rings. The highest BCUT2D eigenvalue weighted by Gasteiger charge is 2.00. The van der Waals surface area contributed by atoms with Crippen LogP contribution in [0.15, 0.2) is 12.4 Å². The van der Waals surface area contributed by atoms with Gasteiger partial charge in [-0.15, -0.1) is 0 Å². The zero-order valence-electron chi connectivity index (χ0n) is 6.41. The smallest absolute Gasteiger partial charge is 0.0719 e. The summed E-state index contributed by atoms with van der Waals surface area (Å²) in [5.74, 6) is 0. The van der Waals surface area contributed by atoms with Gasteiger partial charge < -0.3 is 5.73 Å². The Bertz CT molecular complexity index is 204. The average molecular weight is 139 g/mol. The fourth-order valence-electron chi connectivity index (χ4n) is 0.781. The molecule has 3 heteroatoms. The van der Waals surface area contributed by atoms with Gasteiger partial charge in [-0.25, -0.2) is 0 Å². The molecule has 0 saturated heterocycles. The van der Waals surface area contributed by atoms with Crippen molar-refractivity contribution in [3.63, 3.8) is 0 Å². The van der Waals surface area contributed by atoms with Gasteiger partial charge in [0.05, 0.1) is 11.9 Å². The second-order valence-electron chi connectivity index (χ2n) is 2.51. The molecule has 0 aromatic carbocycles. The molecule has 0 aliphatic carbocycles. The molecule has 0 amide bonds. The molecule has 10 heavy (non-hydrogen) atoms. The lowest BCUT2D eigenvalue weighted by Gasteiger charge is -2.07. The molecule has 56 valence electrons. The number of nitrogens with zero attached hydrogens (tertiary/aromatic N) is 2. The lowest BCUT2D eigenvalue weighted by atomic mass is 10.3. The van der Waals surface area contributed by atoms with Crippen molar-refractivity contribution in [2.75, 3.05) is 5.73 Å². The summed E-state index contributed by atoms with van der Waals surface area (Å²) in [6, 6.07) is 0.456. The van der Waals surface area contributed by atoms with Crippen molar-refractivity contribution in [3.8, 4) is 0 Å². The van der Waals surface area contributed by atoms with E-state index in [1.165, 1.54) is 0 Å². The van der Waals surface area contributed by atoms with E-state index in [1.807, 2.05) is 10.9 Å². The largest absolute Gasteiger partial charge is 0.396 e. The van der Waals surface area contributed by atoms with Gasteiger partial charge in [0.15, 0.2) is 0 Å². The molecule has 0 unspecified atom stereocenters. The molecule has 0 radical (unpaired) electrons. The molecule has 1 aromatic rings. The van der Waals surface area contributed by atoms with Crippen LogP contribution in [0.5, 0.6) is 0 Å². The molecule has 3 nitrogen and oxygen atoms in total. The van der Waals surface area contributed by atoms with Crippen molar-refractivity contribution in [1.29, 1.82) is 0 Å². The Morgan fingerprint density at radius 2 is 2.50 bits per heavy atom. The van der Waals surface area contributed by atoms with Crippen LogP contribution in [0.1, 0.15) is 26.3 Å². The van der Waals surface area contributed by atoms with E-state index in [1.54, 1.807) is 6.20 Å². The number of nitrogen functional groups attached to an aromatic ring is 1. The van der Waals surface area contributed by atoms with Gasteiger partial charge in [0.25, 0.3) is 0 Å². The Morgan fingerprint density at radius 3 is 2.90 bits per heavy atom. The van der Waals surface area contributed by atoms with E-state index < -0.39 is 0 Å². The van der Waals surface area contributed by atoms with Crippen molar-refractivity contribution >= 4 is 5.69 Å². The number of hydrogen-bond acceptors (Lipinski definition) is 2. The van der Waals surface area contributed by atoms with E-state index in [0.29, 0.717) is 6.04 Å². The molecule has 0 aliphatic heterocycles. The van der Waals surface area contributed by atoms with Crippen molar-refractivity contribution < 1.29 is 0 Å². The van der Waals surface area contributed by atoms with Crippen LogP contribution < -0.4 is 5.73 Å². The van der Waals surface area contributed by atoms with Crippen molar-refractivity contribution in [2.45, 2.75) is 26.3 Å². The van der Waals surface area contributed by atoms with E-state index in [4.69, 9.17) is 5.73 Å². The maximum absolute atomic E-state index is 5.49. The molecule has 0 saturated carbocycles. The summed E-state index contributed by atoms with van der Waals surface area (Å²) in [6.07, 6.45) is 4.61. The van der Waals surface area contributed by atoms with E-state index in [2.05, 4.69) is 18.9 Å². The standard InChI is InChI=1S/C7H13N3/c1-3-6(2)10-5-7(8)4-9-10/h4-6H,3,8H2,1-2H3/t6-/m1/s1. The Kier molecular flexibility index (Phi) is 1.94. The zero-order valence-corrected chi connectivity index (χ0v) is 6.41. The summed E-state index contributed by atoms with van der Waals surface area (Å²) >= 11 is 0. The second-order valence-corrected chi connectivity index (χ2v) is 2.51. The average Bonchev–Trinajstić information content (AvgIpc) is 2.34. The lowest BCUT2D eigenvalue weighted by molar-refractivity contribution is 0.478. The molecule has 2 N–H and O–H groups in total. The summed E-state index contributed by atoms with van der Waals surface area (Å²) in [5, 5.41) is 4.08. The van der Waals surface area contributed by atoms with Gasteiger partial charge in [0, 0.05) is 12.2 Å². The Labute approximate surface area is 60.8 Å².